The molecule has 1 aliphatic rings. The number of fused-ring (bicyclic) bond motifs is 1. The highest BCUT2D eigenvalue weighted by atomic mass is 35.5. The second-order valence-corrected chi connectivity index (χ2v) is 5.21. The summed E-state index contributed by atoms with van der Waals surface area (Å²) in [5.74, 6) is 0. The van der Waals surface area contributed by atoms with Crippen LogP contribution < -0.4 is 5.43 Å². The highest BCUT2D eigenvalue weighted by Gasteiger charge is 2.11. The van der Waals surface area contributed by atoms with Crippen LogP contribution in [0.5, 0.6) is 0 Å². The quantitative estimate of drug-likeness (QED) is 0.924. The van der Waals surface area contributed by atoms with Gasteiger partial charge in [0.2, 0.25) is 0 Å². The molecular weight excluding hydrogens is 289 g/mol. The van der Waals surface area contributed by atoms with Crippen molar-refractivity contribution < 1.29 is 2.74 Å². The lowest BCUT2D eigenvalue weighted by atomic mass is 10.2. The molecule has 0 aliphatic carbocycles. The number of aryl methyl sites for hydroxylation is 1. The van der Waals surface area contributed by atoms with E-state index in [2.05, 4.69) is 22.5 Å². The summed E-state index contributed by atoms with van der Waals surface area (Å²) in [6.45, 7) is 3.58. The van der Waals surface area contributed by atoms with Crippen LogP contribution in [0, 0.1) is 6.92 Å². The van der Waals surface area contributed by atoms with E-state index in [0.717, 1.165) is 17.1 Å². The lowest BCUT2D eigenvalue weighted by Crippen LogP contribution is -2.29. The summed E-state index contributed by atoms with van der Waals surface area (Å²) in [7, 11) is 0. The first kappa shape index (κ1) is 12.6. The van der Waals surface area contributed by atoms with Crippen LogP contribution in [0.3, 0.4) is 0 Å². The maximum absolute atomic E-state index is 7.67. The van der Waals surface area contributed by atoms with Gasteiger partial charge in [0.25, 0.3) is 0 Å². The first-order chi connectivity index (χ1) is 8.52. The molecule has 0 amide bonds. The van der Waals surface area contributed by atoms with Crippen molar-refractivity contribution in [3.63, 3.8) is 0 Å². The minimum atomic E-state index is -1.12. The zero-order valence-electron chi connectivity index (χ0n) is 12.0. The number of nitrogens with zero attached hydrogens (tertiary/aromatic N) is 2. The van der Waals surface area contributed by atoms with Crippen LogP contribution in [0.1, 0.15) is 19.7 Å². The Morgan fingerprint density at radius 2 is 2.33 bits per heavy atom. The van der Waals surface area contributed by atoms with Gasteiger partial charge in [-0.1, -0.05) is 6.07 Å². The van der Waals surface area contributed by atoms with Crippen molar-refractivity contribution in [2.45, 2.75) is 19.8 Å². The molecular formula is C12H17Cl2N3S. The highest BCUT2D eigenvalue weighted by Crippen LogP contribution is 2.23. The van der Waals surface area contributed by atoms with E-state index in [9.17, 15) is 0 Å². The number of benzene rings is 1. The maximum atomic E-state index is 7.67. The minimum Gasteiger partial charge on any atom is -0.255 e. The van der Waals surface area contributed by atoms with Crippen molar-refractivity contribution in [2.75, 3.05) is 13.1 Å². The molecule has 6 heteroatoms. The highest BCUT2D eigenvalue weighted by molar-refractivity contribution is 7.18. The molecule has 0 radical (unpaired) electrons. The molecule has 0 spiro atoms. The van der Waals surface area contributed by atoms with Crippen molar-refractivity contribution >= 4 is 46.4 Å². The van der Waals surface area contributed by atoms with E-state index in [1.54, 1.807) is 11.3 Å². The van der Waals surface area contributed by atoms with Crippen LogP contribution in [0.15, 0.2) is 18.2 Å². The second-order valence-electron chi connectivity index (χ2n) is 3.98. The van der Waals surface area contributed by atoms with Crippen LogP contribution in [-0.2, 0) is 6.54 Å². The van der Waals surface area contributed by atoms with Gasteiger partial charge < -0.3 is 0 Å². The SMILES string of the molecule is Cl.Cl.[2H]C1([2H])CNN(Cc2ccc3nc(C)sc3c2)C1. The first-order valence-electron chi connectivity index (χ1n) is 6.36. The average molecular weight is 308 g/mol. The Bertz CT molecular complexity index is 591. The van der Waals surface area contributed by atoms with Gasteiger partial charge in [-0.2, -0.15) is 0 Å². The fourth-order valence-corrected chi connectivity index (χ4v) is 2.82. The molecule has 1 aromatic carbocycles. The molecule has 3 rings (SSSR count). The minimum absolute atomic E-state index is 0. The van der Waals surface area contributed by atoms with Gasteiger partial charge in [0.1, 0.15) is 0 Å². The summed E-state index contributed by atoms with van der Waals surface area (Å²) >= 11 is 1.70. The third kappa shape index (κ3) is 3.33. The molecule has 3 nitrogen and oxygen atoms in total. The predicted molar refractivity (Wildman–Crippen MR) is 81.9 cm³/mol. The van der Waals surface area contributed by atoms with E-state index in [0.29, 0.717) is 13.1 Å². The molecule has 0 atom stereocenters. The van der Waals surface area contributed by atoms with E-state index in [1.165, 1.54) is 10.3 Å². The zero-order valence-corrected chi connectivity index (χ0v) is 12.4. The topological polar surface area (TPSA) is 28.2 Å². The number of rotatable bonds is 2. The van der Waals surface area contributed by atoms with Crippen LogP contribution in [0.2, 0.25) is 0 Å². The van der Waals surface area contributed by atoms with Gasteiger partial charge in [-0.15, -0.1) is 36.2 Å². The number of hydrogen-bond donors (Lipinski definition) is 1. The molecule has 1 fully saturated rings. The average Bonchev–Trinajstić information content (AvgIpc) is 2.80. The van der Waals surface area contributed by atoms with E-state index in [-0.39, 0.29) is 24.8 Å². The number of nitrogens with one attached hydrogen (secondary N) is 1. The predicted octanol–water partition coefficient (Wildman–Crippen LogP) is 3.16. The van der Waals surface area contributed by atoms with E-state index >= 15 is 0 Å². The number of aromatic nitrogens is 1. The molecule has 100 valence electrons. The van der Waals surface area contributed by atoms with Crippen molar-refractivity contribution in [2.24, 2.45) is 0 Å². The fraction of sp³-hybridized carbons (Fsp3) is 0.417. The molecule has 2 aromatic rings. The summed E-state index contributed by atoms with van der Waals surface area (Å²) in [4.78, 5) is 4.44. The normalized spacial score (nSPS) is 19.8. The zero-order chi connectivity index (χ0) is 12.8. The first-order valence-corrected chi connectivity index (χ1v) is 6.18. The van der Waals surface area contributed by atoms with E-state index in [1.807, 2.05) is 18.0 Å². The Balaban J connectivity index is 0.000001000. The molecule has 0 unspecified atom stereocenters. The molecule has 1 saturated heterocycles. The monoisotopic (exact) mass is 307 g/mol. The van der Waals surface area contributed by atoms with Gasteiger partial charge in [0.05, 0.1) is 15.2 Å². The van der Waals surface area contributed by atoms with Crippen LogP contribution in [0.25, 0.3) is 10.2 Å². The Hall–Kier alpha value is -0.390. The Labute approximate surface area is 126 Å². The number of thiazole rings is 1. The molecule has 18 heavy (non-hydrogen) atoms. The van der Waals surface area contributed by atoms with Crippen molar-refractivity contribution in [3.8, 4) is 0 Å². The standard InChI is InChI=1S/C12H15N3S.2ClH/c1-9-14-11-4-3-10(7-12(11)16-9)8-15-6-2-5-13-15;;/h3-4,7,13H,2,5-6,8H2,1H3;2*1H/i2D2;;. The summed E-state index contributed by atoms with van der Waals surface area (Å²) in [6, 6.07) is 6.26. The molecule has 1 N–H and O–H groups in total. The van der Waals surface area contributed by atoms with E-state index in [4.69, 9.17) is 2.74 Å². The largest absolute Gasteiger partial charge is 0.255 e. The Morgan fingerprint density at radius 3 is 3.06 bits per heavy atom. The third-order valence-electron chi connectivity index (χ3n) is 2.66. The van der Waals surface area contributed by atoms with Gasteiger partial charge >= 0.3 is 0 Å². The lowest BCUT2D eigenvalue weighted by Gasteiger charge is -2.14. The lowest BCUT2D eigenvalue weighted by molar-refractivity contribution is 0.244. The van der Waals surface area contributed by atoms with Crippen molar-refractivity contribution in [3.05, 3.63) is 28.8 Å². The van der Waals surface area contributed by atoms with Gasteiger partial charge in [0.15, 0.2) is 0 Å². The summed E-state index contributed by atoms with van der Waals surface area (Å²) in [5, 5.41) is 3.02. The molecule has 1 aliphatic heterocycles. The molecule has 1 aromatic heterocycles. The second kappa shape index (κ2) is 6.68. The molecule has 2 heterocycles. The van der Waals surface area contributed by atoms with Gasteiger partial charge in [-0.25, -0.2) is 9.99 Å². The smallest absolute Gasteiger partial charge is 0.0907 e. The maximum Gasteiger partial charge on any atom is 0.0907 e. The Morgan fingerprint density at radius 1 is 1.50 bits per heavy atom. The number of halogens is 2. The van der Waals surface area contributed by atoms with Crippen molar-refractivity contribution in [1.82, 2.24) is 15.4 Å². The van der Waals surface area contributed by atoms with Gasteiger partial charge in [-0.05, 0) is 31.0 Å². The third-order valence-corrected chi connectivity index (χ3v) is 3.60. The van der Waals surface area contributed by atoms with Gasteiger partial charge in [0, 0.05) is 22.4 Å². The van der Waals surface area contributed by atoms with E-state index < -0.39 is 6.37 Å². The van der Waals surface area contributed by atoms with Crippen LogP contribution >= 0.6 is 36.2 Å². The Kier molecular flexibility index (Phi) is 4.69. The molecule has 0 saturated carbocycles. The summed E-state index contributed by atoms with van der Waals surface area (Å²) in [5.41, 5.74) is 5.33. The van der Waals surface area contributed by atoms with Crippen LogP contribution in [0.4, 0.5) is 0 Å². The summed E-state index contributed by atoms with van der Waals surface area (Å²) in [6.07, 6.45) is -1.12. The fourth-order valence-electron chi connectivity index (χ4n) is 1.93. The van der Waals surface area contributed by atoms with Gasteiger partial charge in [-0.3, -0.25) is 5.43 Å². The summed E-state index contributed by atoms with van der Waals surface area (Å²) < 4.78 is 16.5. The number of hydrazine groups is 1. The van der Waals surface area contributed by atoms with Crippen LogP contribution in [-0.4, -0.2) is 23.1 Å². The van der Waals surface area contributed by atoms with Crippen molar-refractivity contribution in [1.29, 1.82) is 0 Å². The number of hydrogen-bond acceptors (Lipinski definition) is 4. The molecule has 0 bridgehead atoms.